The number of nitrogens with one attached hydrogen (secondary N) is 1. The van der Waals surface area contributed by atoms with Crippen molar-refractivity contribution in [1.82, 2.24) is 15.2 Å². The zero-order valence-electron chi connectivity index (χ0n) is 14.6. The van der Waals surface area contributed by atoms with Gasteiger partial charge >= 0.3 is 0 Å². The first kappa shape index (κ1) is 17.0. The van der Waals surface area contributed by atoms with Gasteiger partial charge in [0.15, 0.2) is 17.3 Å². The van der Waals surface area contributed by atoms with Gasteiger partial charge in [-0.05, 0) is 44.5 Å². The van der Waals surface area contributed by atoms with Gasteiger partial charge < -0.3 is 19.6 Å². The van der Waals surface area contributed by atoms with Gasteiger partial charge in [0.1, 0.15) is 11.6 Å². The molecule has 0 bridgehead atoms. The molecular formula is C18H22N4O3. The van der Waals surface area contributed by atoms with Crippen molar-refractivity contribution in [3.05, 3.63) is 47.7 Å². The average molecular weight is 342 g/mol. The summed E-state index contributed by atoms with van der Waals surface area (Å²) in [5, 5.41) is 7.15. The Morgan fingerprint density at radius 2 is 1.92 bits per heavy atom. The Morgan fingerprint density at radius 1 is 1.16 bits per heavy atom. The van der Waals surface area contributed by atoms with E-state index in [1.165, 1.54) is 0 Å². The second-order valence-electron chi connectivity index (χ2n) is 5.48. The van der Waals surface area contributed by atoms with E-state index in [1.54, 1.807) is 6.26 Å². The summed E-state index contributed by atoms with van der Waals surface area (Å²) >= 11 is 0. The molecule has 7 heteroatoms. The van der Waals surface area contributed by atoms with Gasteiger partial charge in [0, 0.05) is 0 Å². The highest BCUT2D eigenvalue weighted by Crippen LogP contribution is 2.32. The van der Waals surface area contributed by atoms with Crippen LogP contribution in [0.4, 0.5) is 0 Å². The first-order valence-electron chi connectivity index (χ1n) is 8.25. The number of ether oxygens (including phenoxy) is 2. The molecule has 0 amide bonds. The van der Waals surface area contributed by atoms with Crippen LogP contribution in [0.2, 0.25) is 0 Å². The van der Waals surface area contributed by atoms with Crippen molar-refractivity contribution >= 4 is 0 Å². The summed E-state index contributed by atoms with van der Waals surface area (Å²) in [5.41, 5.74) is 8.06. The molecule has 0 spiro atoms. The lowest BCUT2D eigenvalue weighted by molar-refractivity contribution is 0.287. The second kappa shape index (κ2) is 7.40. The third kappa shape index (κ3) is 3.51. The van der Waals surface area contributed by atoms with Crippen LogP contribution in [-0.4, -0.2) is 28.4 Å². The largest absolute Gasteiger partial charge is 0.490 e. The van der Waals surface area contributed by atoms with E-state index in [0.29, 0.717) is 36.4 Å². The van der Waals surface area contributed by atoms with E-state index in [2.05, 4.69) is 15.2 Å². The minimum Gasteiger partial charge on any atom is -0.490 e. The van der Waals surface area contributed by atoms with Crippen LogP contribution in [0.5, 0.6) is 11.5 Å². The van der Waals surface area contributed by atoms with Crippen LogP contribution in [0, 0.1) is 6.92 Å². The number of furan rings is 1. The summed E-state index contributed by atoms with van der Waals surface area (Å²) in [7, 11) is 0. The van der Waals surface area contributed by atoms with Gasteiger partial charge in [0.2, 0.25) is 0 Å². The highest BCUT2D eigenvalue weighted by atomic mass is 16.5. The number of nitrogens with zero attached hydrogens (tertiary/aromatic N) is 2. The van der Waals surface area contributed by atoms with Crippen molar-refractivity contribution in [1.29, 1.82) is 0 Å². The number of hydrogen-bond acceptors (Lipinski definition) is 6. The lowest BCUT2D eigenvalue weighted by Crippen LogP contribution is -2.14. The number of H-pyrrole nitrogens is 1. The Bertz CT molecular complexity index is 840. The number of nitrogens with two attached hydrogens (primary N) is 1. The van der Waals surface area contributed by atoms with Gasteiger partial charge in [0.05, 0.1) is 31.1 Å². The molecule has 25 heavy (non-hydrogen) atoms. The van der Waals surface area contributed by atoms with Crippen LogP contribution in [0.15, 0.2) is 34.9 Å². The maximum Gasteiger partial charge on any atom is 0.184 e. The van der Waals surface area contributed by atoms with E-state index in [0.717, 1.165) is 16.9 Å². The third-order valence-corrected chi connectivity index (χ3v) is 3.82. The summed E-state index contributed by atoms with van der Waals surface area (Å²) in [4.78, 5) is 4.50. The molecule has 7 nitrogen and oxygen atoms in total. The first-order chi connectivity index (χ1) is 12.1. The summed E-state index contributed by atoms with van der Waals surface area (Å²) in [6.07, 6.45) is 1.61. The number of aromatic nitrogens is 3. The number of aryl methyl sites for hydroxylation is 1. The molecule has 0 saturated heterocycles. The van der Waals surface area contributed by atoms with Gasteiger partial charge in [-0.2, -0.15) is 5.10 Å². The smallest absolute Gasteiger partial charge is 0.184 e. The molecule has 1 aromatic carbocycles. The highest BCUT2D eigenvalue weighted by molar-refractivity contribution is 5.56. The first-order valence-corrected chi connectivity index (χ1v) is 8.25. The molecule has 3 rings (SSSR count). The molecule has 1 atom stereocenters. The molecule has 2 heterocycles. The minimum atomic E-state index is -0.455. The van der Waals surface area contributed by atoms with E-state index >= 15 is 0 Å². The van der Waals surface area contributed by atoms with Crippen molar-refractivity contribution in [3.63, 3.8) is 0 Å². The lowest BCUT2D eigenvalue weighted by Gasteiger charge is -2.14. The Balaban J connectivity index is 1.88. The molecule has 0 radical (unpaired) electrons. The van der Waals surface area contributed by atoms with Crippen molar-refractivity contribution in [2.75, 3.05) is 13.2 Å². The quantitative estimate of drug-likeness (QED) is 0.684. The standard InChI is InChI=1S/C18H22N4O3/c1-4-23-14-7-6-12(10-15(14)24-5-2)16(19)18-20-17(21-22-18)13-8-9-25-11(13)3/h6-10,16H,4-5,19H2,1-3H3,(H,20,21,22)/t16-/m0/s1. The normalized spacial score (nSPS) is 12.2. The van der Waals surface area contributed by atoms with Gasteiger partial charge in [-0.15, -0.1) is 0 Å². The summed E-state index contributed by atoms with van der Waals surface area (Å²) in [5.74, 6) is 3.27. The zero-order chi connectivity index (χ0) is 17.8. The van der Waals surface area contributed by atoms with Crippen molar-refractivity contribution < 1.29 is 13.9 Å². The summed E-state index contributed by atoms with van der Waals surface area (Å²) < 4.78 is 16.5. The van der Waals surface area contributed by atoms with Crippen LogP contribution in [0.1, 0.15) is 37.0 Å². The Kier molecular flexibility index (Phi) is 5.04. The van der Waals surface area contributed by atoms with E-state index in [9.17, 15) is 0 Å². The molecule has 0 aliphatic heterocycles. The number of hydrogen-bond donors (Lipinski definition) is 2. The maximum atomic E-state index is 6.36. The van der Waals surface area contributed by atoms with Crippen LogP contribution in [-0.2, 0) is 0 Å². The minimum absolute atomic E-state index is 0.455. The van der Waals surface area contributed by atoms with Gasteiger partial charge in [-0.25, -0.2) is 4.98 Å². The molecule has 0 aliphatic rings. The van der Waals surface area contributed by atoms with Crippen molar-refractivity contribution in [3.8, 4) is 22.9 Å². The predicted octanol–water partition coefficient (Wildman–Crippen LogP) is 3.22. The van der Waals surface area contributed by atoms with Crippen molar-refractivity contribution in [2.24, 2.45) is 5.73 Å². The SMILES string of the molecule is CCOc1ccc([C@H](N)c2nc(-c3ccoc3C)n[nH]2)cc1OCC. The molecule has 2 aromatic heterocycles. The molecule has 0 fully saturated rings. The fourth-order valence-corrected chi connectivity index (χ4v) is 2.57. The van der Waals surface area contributed by atoms with Gasteiger partial charge in [0.25, 0.3) is 0 Å². The number of rotatable bonds is 7. The zero-order valence-corrected chi connectivity index (χ0v) is 14.6. The number of aromatic amines is 1. The highest BCUT2D eigenvalue weighted by Gasteiger charge is 2.18. The summed E-state index contributed by atoms with van der Waals surface area (Å²) in [6.45, 7) is 6.85. The lowest BCUT2D eigenvalue weighted by atomic mass is 10.1. The van der Waals surface area contributed by atoms with Crippen molar-refractivity contribution in [2.45, 2.75) is 26.8 Å². The van der Waals surface area contributed by atoms with Crippen LogP contribution >= 0.6 is 0 Å². The Morgan fingerprint density at radius 3 is 2.60 bits per heavy atom. The fraction of sp³-hybridized carbons (Fsp3) is 0.333. The van der Waals surface area contributed by atoms with Gasteiger partial charge in [-0.3, -0.25) is 5.10 Å². The van der Waals surface area contributed by atoms with E-state index in [1.807, 2.05) is 45.0 Å². The maximum absolute atomic E-state index is 6.36. The van der Waals surface area contributed by atoms with Crippen LogP contribution in [0.25, 0.3) is 11.4 Å². The molecular weight excluding hydrogens is 320 g/mol. The predicted molar refractivity (Wildman–Crippen MR) is 93.6 cm³/mol. The second-order valence-corrected chi connectivity index (χ2v) is 5.48. The average Bonchev–Trinajstić information content (AvgIpc) is 3.25. The topological polar surface area (TPSA) is 99.2 Å². The Labute approximate surface area is 146 Å². The van der Waals surface area contributed by atoms with E-state index in [-0.39, 0.29) is 0 Å². The molecule has 0 unspecified atom stereocenters. The monoisotopic (exact) mass is 342 g/mol. The molecule has 3 aromatic rings. The molecule has 0 aliphatic carbocycles. The van der Waals surface area contributed by atoms with E-state index in [4.69, 9.17) is 19.6 Å². The molecule has 132 valence electrons. The number of benzene rings is 1. The summed E-state index contributed by atoms with van der Waals surface area (Å²) in [6, 6.07) is 7.02. The van der Waals surface area contributed by atoms with E-state index < -0.39 is 6.04 Å². The fourth-order valence-electron chi connectivity index (χ4n) is 2.57. The van der Waals surface area contributed by atoms with Crippen LogP contribution in [0.3, 0.4) is 0 Å². The Hall–Kier alpha value is -2.80. The molecule has 0 saturated carbocycles. The van der Waals surface area contributed by atoms with Gasteiger partial charge in [-0.1, -0.05) is 6.07 Å². The molecule has 3 N–H and O–H groups in total. The van der Waals surface area contributed by atoms with Crippen LogP contribution < -0.4 is 15.2 Å². The third-order valence-electron chi connectivity index (χ3n) is 3.82.